The lowest BCUT2D eigenvalue weighted by atomic mass is 10.1. The van der Waals surface area contributed by atoms with E-state index in [0.29, 0.717) is 37.7 Å². The quantitative estimate of drug-likeness (QED) is 0.455. The van der Waals surface area contributed by atoms with Crippen molar-refractivity contribution in [1.29, 1.82) is 0 Å². The predicted molar refractivity (Wildman–Crippen MR) is 136 cm³/mol. The first-order chi connectivity index (χ1) is 17.9. The SMILES string of the molecule is CC.O=C(c1cc(Cn2c(=O)[nH]c(=O)c3c(F)cccc32)ccc1F)N1CCN(c2ncccn2)CC1. The largest absolute Gasteiger partial charge is 0.337 e. The summed E-state index contributed by atoms with van der Waals surface area (Å²) in [5.41, 5.74) is -1.13. The molecule has 1 N–H and O–H groups in total. The number of carbonyl (C=O) groups excluding carboxylic acids is 1. The van der Waals surface area contributed by atoms with Crippen LogP contribution in [0.3, 0.4) is 0 Å². The number of benzene rings is 2. The van der Waals surface area contributed by atoms with E-state index in [-0.39, 0.29) is 23.0 Å². The number of piperazine rings is 1. The number of halogens is 2. The summed E-state index contributed by atoms with van der Waals surface area (Å²) >= 11 is 0. The lowest BCUT2D eigenvalue weighted by molar-refractivity contribution is 0.0741. The third-order valence-corrected chi connectivity index (χ3v) is 5.98. The second-order valence-electron chi connectivity index (χ2n) is 8.12. The summed E-state index contributed by atoms with van der Waals surface area (Å²) in [5.74, 6) is -1.34. The summed E-state index contributed by atoms with van der Waals surface area (Å²) < 4.78 is 30.0. The Bertz CT molecular complexity index is 1530. The summed E-state index contributed by atoms with van der Waals surface area (Å²) in [4.78, 5) is 51.7. The number of rotatable bonds is 4. The van der Waals surface area contributed by atoms with Crippen molar-refractivity contribution in [3.05, 3.63) is 98.5 Å². The minimum absolute atomic E-state index is 0.0880. The Kier molecular flexibility index (Phi) is 7.71. The average molecular weight is 509 g/mol. The molecule has 2 aromatic heterocycles. The van der Waals surface area contributed by atoms with Gasteiger partial charge in [0.2, 0.25) is 5.95 Å². The van der Waals surface area contributed by atoms with Crippen LogP contribution in [0.15, 0.2) is 64.4 Å². The van der Waals surface area contributed by atoms with Gasteiger partial charge >= 0.3 is 5.69 Å². The number of fused-ring (bicyclic) bond motifs is 1. The fraction of sp³-hybridized carbons (Fsp3) is 0.269. The molecular formula is C26H26F2N6O3. The molecule has 1 aliphatic heterocycles. The van der Waals surface area contributed by atoms with Gasteiger partial charge in [-0.1, -0.05) is 26.0 Å². The molecule has 11 heteroatoms. The topological polar surface area (TPSA) is 104 Å². The molecule has 1 amide bonds. The molecule has 5 rings (SSSR count). The van der Waals surface area contributed by atoms with Gasteiger partial charge in [-0.2, -0.15) is 0 Å². The Morgan fingerprint density at radius 3 is 2.35 bits per heavy atom. The molecule has 0 aliphatic carbocycles. The van der Waals surface area contributed by atoms with Crippen molar-refractivity contribution in [2.45, 2.75) is 20.4 Å². The van der Waals surface area contributed by atoms with E-state index in [4.69, 9.17) is 0 Å². The molecule has 0 unspecified atom stereocenters. The molecule has 0 bridgehead atoms. The second-order valence-corrected chi connectivity index (χ2v) is 8.12. The van der Waals surface area contributed by atoms with Crippen molar-refractivity contribution in [3.63, 3.8) is 0 Å². The molecule has 37 heavy (non-hydrogen) atoms. The summed E-state index contributed by atoms with van der Waals surface area (Å²) in [6, 6.07) is 9.69. The zero-order chi connectivity index (χ0) is 26.5. The van der Waals surface area contributed by atoms with Crippen LogP contribution in [0.4, 0.5) is 14.7 Å². The third-order valence-electron chi connectivity index (χ3n) is 5.98. The van der Waals surface area contributed by atoms with Crippen LogP contribution < -0.4 is 16.1 Å². The van der Waals surface area contributed by atoms with Crippen LogP contribution in [0.2, 0.25) is 0 Å². The van der Waals surface area contributed by atoms with Crippen molar-refractivity contribution >= 4 is 22.8 Å². The van der Waals surface area contributed by atoms with E-state index in [2.05, 4.69) is 15.0 Å². The van der Waals surface area contributed by atoms with Crippen LogP contribution in [-0.4, -0.2) is 56.5 Å². The van der Waals surface area contributed by atoms with Crippen LogP contribution in [0.5, 0.6) is 0 Å². The van der Waals surface area contributed by atoms with Crippen LogP contribution in [-0.2, 0) is 6.54 Å². The van der Waals surface area contributed by atoms with Gasteiger partial charge in [0.05, 0.1) is 23.0 Å². The lowest BCUT2D eigenvalue weighted by Crippen LogP contribution is -2.49. The molecular weight excluding hydrogens is 482 g/mol. The Morgan fingerprint density at radius 2 is 1.65 bits per heavy atom. The molecule has 9 nitrogen and oxygen atoms in total. The summed E-state index contributed by atoms with van der Waals surface area (Å²) in [6.07, 6.45) is 3.29. The van der Waals surface area contributed by atoms with Gasteiger partial charge in [-0.15, -0.1) is 0 Å². The van der Waals surface area contributed by atoms with E-state index < -0.39 is 28.8 Å². The smallest absolute Gasteiger partial charge is 0.329 e. The van der Waals surface area contributed by atoms with Gasteiger partial charge in [0.15, 0.2) is 0 Å². The van der Waals surface area contributed by atoms with Gasteiger partial charge in [-0.3, -0.25) is 19.1 Å². The Morgan fingerprint density at radius 1 is 0.946 bits per heavy atom. The molecule has 0 radical (unpaired) electrons. The van der Waals surface area contributed by atoms with Crippen LogP contribution >= 0.6 is 0 Å². The number of nitrogens with one attached hydrogen (secondary N) is 1. The molecule has 1 aliphatic rings. The maximum absolute atomic E-state index is 14.7. The van der Waals surface area contributed by atoms with Gasteiger partial charge in [-0.25, -0.2) is 23.5 Å². The normalized spacial score (nSPS) is 13.3. The van der Waals surface area contributed by atoms with E-state index >= 15 is 0 Å². The monoisotopic (exact) mass is 508 g/mol. The van der Waals surface area contributed by atoms with E-state index in [1.807, 2.05) is 18.7 Å². The van der Waals surface area contributed by atoms with Gasteiger partial charge in [-0.05, 0) is 35.9 Å². The molecule has 3 heterocycles. The average Bonchev–Trinajstić information content (AvgIpc) is 2.93. The van der Waals surface area contributed by atoms with Crippen LogP contribution in [0.1, 0.15) is 29.8 Å². The fourth-order valence-corrected chi connectivity index (χ4v) is 4.21. The predicted octanol–water partition coefficient (Wildman–Crippen LogP) is 2.79. The fourth-order valence-electron chi connectivity index (χ4n) is 4.21. The number of nitrogens with zero attached hydrogens (tertiary/aromatic N) is 5. The van der Waals surface area contributed by atoms with E-state index in [1.54, 1.807) is 23.4 Å². The molecule has 0 spiro atoms. The van der Waals surface area contributed by atoms with Crippen LogP contribution in [0.25, 0.3) is 10.9 Å². The maximum Gasteiger partial charge on any atom is 0.329 e. The van der Waals surface area contributed by atoms with E-state index in [9.17, 15) is 23.2 Å². The number of amides is 1. The Hall–Kier alpha value is -4.41. The summed E-state index contributed by atoms with van der Waals surface area (Å²) in [6.45, 7) is 5.64. The van der Waals surface area contributed by atoms with Crippen molar-refractivity contribution in [1.82, 2.24) is 24.4 Å². The van der Waals surface area contributed by atoms with Gasteiger partial charge < -0.3 is 9.80 Å². The van der Waals surface area contributed by atoms with Gasteiger partial charge in [0, 0.05) is 38.6 Å². The lowest BCUT2D eigenvalue weighted by Gasteiger charge is -2.34. The van der Waals surface area contributed by atoms with Crippen molar-refractivity contribution in [3.8, 4) is 0 Å². The zero-order valence-corrected chi connectivity index (χ0v) is 20.4. The highest BCUT2D eigenvalue weighted by molar-refractivity contribution is 5.95. The van der Waals surface area contributed by atoms with Crippen LogP contribution in [0, 0.1) is 11.6 Å². The number of aromatic amines is 1. The number of carbonyl (C=O) groups is 1. The third kappa shape index (κ3) is 5.25. The highest BCUT2D eigenvalue weighted by Gasteiger charge is 2.25. The Balaban J connectivity index is 0.00000156. The zero-order valence-electron chi connectivity index (χ0n) is 20.4. The van der Waals surface area contributed by atoms with Crippen molar-refractivity contribution in [2.24, 2.45) is 0 Å². The highest BCUT2D eigenvalue weighted by Crippen LogP contribution is 2.18. The van der Waals surface area contributed by atoms with E-state index in [1.165, 1.54) is 28.8 Å². The number of hydrogen-bond donors (Lipinski definition) is 1. The number of hydrogen-bond acceptors (Lipinski definition) is 6. The van der Waals surface area contributed by atoms with Crippen molar-refractivity contribution in [2.75, 3.05) is 31.1 Å². The Labute approximate surface area is 211 Å². The first-order valence-electron chi connectivity index (χ1n) is 11.9. The molecule has 2 aromatic carbocycles. The first-order valence-corrected chi connectivity index (χ1v) is 11.9. The molecule has 4 aromatic rings. The number of H-pyrrole nitrogens is 1. The number of aromatic nitrogens is 4. The standard InChI is InChI=1S/C24H20F2N6O3.C2H6/c25-17-6-5-15(14-32-19-4-1-3-18(26)20(19)21(33)29-24(32)35)13-16(17)22(34)30-9-11-31(12-10-30)23-27-7-2-8-28-23;1-2/h1-8,13H,9-12,14H2,(H,29,33,35);1-2H3. The molecule has 1 saturated heterocycles. The van der Waals surface area contributed by atoms with Gasteiger partial charge in [0.25, 0.3) is 11.5 Å². The minimum atomic E-state index is -0.825. The maximum atomic E-state index is 14.7. The molecule has 0 atom stereocenters. The summed E-state index contributed by atoms with van der Waals surface area (Å²) in [7, 11) is 0. The molecule has 1 fully saturated rings. The highest BCUT2D eigenvalue weighted by atomic mass is 19.1. The van der Waals surface area contributed by atoms with Crippen molar-refractivity contribution < 1.29 is 13.6 Å². The molecule has 0 saturated carbocycles. The summed E-state index contributed by atoms with van der Waals surface area (Å²) in [5, 5.41) is -0.245. The first kappa shape index (κ1) is 25.7. The van der Waals surface area contributed by atoms with E-state index in [0.717, 1.165) is 12.1 Å². The molecule has 192 valence electrons. The second kappa shape index (κ2) is 11.1. The van der Waals surface area contributed by atoms with Gasteiger partial charge in [0.1, 0.15) is 11.6 Å². The number of anilines is 1. The minimum Gasteiger partial charge on any atom is -0.337 e.